The second kappa shape index (κ2) is 3.47. The first-order chi connectivity index (χ1) is 4.43. The largest absolute Gasteiger partial charge is 0.317 e. The molecule has 2 heteroatoms. The monoisotopic (exact) mass is 124 g/mol. The van der Waals surface area contributed by atoms with Crippen LogP contribution in [0, 0.1) is 12.5 Å². The van der Waals surface area contributed by atoms with Crippen molar-refractivity contribution in [2.75, 3.05) is 19.6 Å². The molecule has 1 aliphatic heterocycles. The predicted molar refractivity (Wildman–Crippen MR) is 37.1 cm³/mol. The van der Waals surface area contributed by atoms with Gasteiger partial charge in [0.25, 0.3) is 0 Å². The fourth-order valence-corrected chi connectivity index (χ4v) is 1.19. The van der Waals surface area contributed by atoms with Crippen molar-refractivity contribution < 1.29 is 0 Å². The summed E-state index contributed by atoms with van der Waals surface area (Å²) in [6.07, 6.45) is 2.39. The zero-order chi connectivity index (χ0) is 6.53. The number of hydrogen-bond donors (Lipinski definition) is 1. The SMILES string of the molecule is [C-]#[N+]CC1CCNCC1. The summed E-state index contributed by atoms with van der Waals surface area (Å²) in [4.78, 5) is 3.38. The normalized spacial score (nSPS) is 21.2. The minimum absolute atomic E-state index is 0.684. The standard InChI is InChI=1S/C7H12N2/c1-8-6-7-2-4-9-5-3-7/h7,9H,2-6H2. The lowest BCUT2D eigenvalue weighted by Crippen LogP contribution is -2.28. The Labute approximate surface area is 56.1 Å². The molecule has 0 amide bonds. The Morgan fingerprint density at radius 3 is 2.67 bits per heavy atom. The van der Waals surface area contributed by atoms with Gasteiger partial charge in [-0.25, -0.2) is 6.57 Å². The second-order valence-corrected chi connectivity index (χ2v) is 2.53. The number of rotatable bonds is 1. The molecular weight excluding hydrogens is 112 g/mol. The van der Waals surface area contributed by atoms with Crippen molar-refractivity contribution >= 4 is 0 Å². The topological polar surface area (TPSA) is 16.4 Å². The third-order valence-electron chi connectivity index (χ3n) is 1.81. The van der Waals surface area contributed by atoms with Gasteiger partial charge in [-0.15, -0.1) is 0 Å². The van der Waals surface area contributed by atoms with Gasteiger partial charge in [0, 0.05) is 5.92 Å². The van der Waals surface area contributed by atoms with E-state index in [9.17, 15) is 0 Å². The van der Waals surface area contributed by atoms with Crippen LogP contribution in [0.5, 0.6) is 0 Å². The first-order valence-electron chi connectivity index (χ1n) is 3.47. The van der Waals surface area contributed by atoms with E-state index in [1.54, 1.807) is 0 Å². The number of nitrogens with zero attached hydrogens (tertiary/aromatic N) is 1. The van der Waals surface area contributed by atoms with Crippen molar-refractivity contribution in [2.24, 2.45) is 5.92 Å². The molecule has 2 nitrogen and oxygen atoms in total. The Kier molecular flexibility index (Phi) is 2.53. The lowest BCUT2D eigenvalue weighted by molar-refractivity contribution is 0.396. The van der Waals surface area contributed by atoms with Crippen LogP contribution < -0.4 is 5.32 Å². The third-order valence-corrected chi connectivity index (χ3v) is 1.81. The molecule has 0 atom stereocenters. The Morgan fingerprint density at radius 2 is 2.11 bits per heavy atom. The van der Waals surface area contributed by atoms with Crippen LogP contribution in [0.3, 0.4) is 0 Å². The molecule has 9 heavy (non-hydrogen) atoms. The summed E-state index contributed by atoms with van der Waals surface area (Å²) in [7, 11) is 0. The van der Waals surface area contributed by atoms with Gasteiger partial charge in [-0.3, -0.25) is 0 Å². The summed E-state index contributed by atoms with van der Waals surface area (Å²) in [6, 6.07) is 0. The third kappa shape index (κ3) is 2.03. The molecule has 1 fully saturated rings. The molecule has 0 aromatic rings. The van der Waals surface area contributed by atoms with Crippen LogP contribution >= 0.6 is 0 Å². The number of nitrogens with one attached hydrogen (secondary N) is 1. The maximum Gasteiger partial charge on any atom is 0.217 e. The summed E-state index contributed by atoms with van der Waals surface area (Å²) in [5.41, 5.74) is 0. The molecule has 50 valence electrons. The maximum absolute atomic E-state index is 6.64. The lowest BCUT2D eigenvalue weighted by atomic mass is 9.99. The van der Waals surface area contributed by atoms with Crippen molar-refractivity contribution in [1.82, 2.24) is 5.32 Å². The van der Waals surface area contributed by atoms with Gasteiger partial charge in [0.05, 0.1) is 0 Å². The molecule has 1 N–H and O–H groups in total. The minimum Gasteiger partial charge on any atom is -0.317 e. The van der Waals surface area contributed by atoms with Gasteiger partial charge in [-0.05, 0) is 25.9 Å². The summed E-state index contributed by atoms with van der Waals surface area (Å²) < 4.78 is 0. The molecule has 1 aliphatic rings. The van der Waals surface area contributed by atoms with Gasteiger partial charge in [-0.1, -0.05) is 0 Å². The van der Waals surface area contributed by atoms with Crippen molar-refractivity contribution in [3.8, 4) is 0 Å². The van der Waals surface area contributed by atoms with Crippen molar-refractivity contribution in [2.45, 2.75) is 12.8 Å². The van der Waals surface area contributed by atoms with E-state index in [2.05, 4.69) is 10.2 Å². The van der Waals surface area contributed by atoms with Gasteiger partial charge in [0.1, 0.15) is 0 Å². The van der Waals surface area contributed by atoms with Crippen LogP contribution in [-0.2, 0) is 0 Å². The lowest BCUT2D eigenvalue weighted by Gasteiger charge is -2.17. The van der Waals surface area contributed by atoms with E-state index < -0.39 is 0 Å². The van der Waals surface area contributed by atoms with Crippen LogP contribution in [0.25, 0.3) is 4.85 Å². The second-order valence-electron chi connectivity index (χ2n) is 2.53. The predicted octanol–water partition coefficient (Wildman–Crippen LogP) is 0.905. The van der Waals surface area contributed by atoms with Gasteiger partial charge < -0.3 is 10.2 Å². The highest BCUT2D eigenvalue weighted by Gasteiger charge is 2.14. The van der Waals surface area contributed by atoms with Crippen LogP contribution in [0.1, 0.15) is 12.8 Å². The van der Waals surface area contributed by atoms with Crippen molar-refractivity contribution in [3.05, 3.63) is 11.4 Å². The van der Waals surface area contributed by atoms with E-state index in [1.807, 2.05) is 0 Å². The highest BCUT2D eigenvalue weighted by atomic mass is 14.9. The van der Waals surface area contributed by atoms with E-state index in [4.69, 9.17) is 6.57 Å². The molecule has 0 aliphatic carbocycles. The number of hydrogen-bond acceptors (Lipinski definition) is 1. The molecule has 0 aromatic carbocycles. The van der Waals surface area contributed by atoms with Crippen LogP contribution in [0.4, 0.5) is 0 Å². The molecule has 0 aromatic heterocycles. The smallest absolute Gasteiger partial charge is 0.217 e. The highest BCUT2D eigenvalue weighted by Crippen LogP contribution is 2.10. The fraction of sp³-hybridized carbons (Fsp3) is 0.857. The van der Waals surface area contributed by atoms with E-state index in [1.165, 1.54) is 12.8 Å². The van der Waals surface area contributed by atoms with Gasteiger partial charge in [0.15, 0.2) is 0 Å². The maximum atomic E-state index is 6.64. The highest BCUT2D eigenvalue weighted by molar-refractivity contribution is 4.75. The summed E-state index contributed by atoms with van der Waals surface area (Å²) in [6.45, 7) is 9.60. The van der Waals surface area contributed by atoms with E-state index in [0.717, 1.165) is 19.6 Å². The Morgan fingerprint density at radius 1 is 1.44 bits per heavy atom. The molecule has 0 bridgehead atoms. The van der Waals surface area contributed by atoms with E-state index in [0.29, 0.717) is 5.92 Å². The molecule has 0 radical (unpaired) electrons. The van der Waals surface area contributed by atoms with Crippen LogP contribution in [-0.4, -0.2) is 19.6 Å². The van der Waals surface area contributed by atoms with Gasteiger partial charge in [0.2, 0.25) is 6.54 Å². The fourth-order valence-electron chi connectivity index (χ4n) is 1.19. The van der Waals surface area contributed by atoms with Crippen LogP contribution in [0.15, 0.2) is 0 Å². The molecule has 1 rings (SSSR count). The summed E-state index contributed by atoms with van der Waals surface area (Å²) in [5, 5.41) is 3.27. The van der Waals surface area contributed by atoms with E-state index in [-0.39, 0.29) is 0 Å². The number of piperidine rings is 1. The van der Waals surface area contributed by atoms with Gasteiger partial charge in [-0.2, -0.15) is 0 Å². The average Bonchev–Trinajstić information content (AvgIpc) is 1.91. The Bertz CT molecular complexity index is 109. The summed E-state index contributed by atoms with van der Waals surface area (Å²) in [5.74, 6) is 0.684. The average molecular weight is 124 g/mol. The Balaban J connectivity index is 2.17. The molecule has 0 unspecified atom stereocenters. The minimum atomic E-state index is 0.684. The quantitative estimate of drug-likeness (QED) is 0.514. The van der Waals surface area contributed by atoms with E-state index >= 15 is 0 Å². The zero-order valence-corrected chi connectivity index (χ0v) is 5.56. The van der Waals surface area contributed by atoms with Crippen molar-refractivity contribution in [1.29, 1.82) is 0 Å². The summed E-state index contributed by atoms with van der Waals surface area (Å²) >= 11 is 0. The Hall–Kier alpha value is -0.550. The molecule has 1 saturated heterocycles. The van der Waals surface area contributed by atoms with Gasteiger partial charge >= 0.3 is 0 Å². The molecule has 0 spiro atoms. The molecule has 0 saturated carbocycles. The van der Waals surface area contributed by atoms with Crippen molar-refractivity contribution in [3.63, 3.8) is 0 Å². The first kappa shape index (κ1) is 6.57. The van der Waals surface area contributed by atoms with Crippen LogP contribution in [0.2, 0.25) is 0 Å². The molecule has 1 heterocycles. The first-order valence-corrected chi connectivity index (χ1v) is 3.47. The zero-order valence-electron chi connectivity index (χ0n) is 5.56. The molecular formula is C7H12N2.